The molecular weight excluding hydrogens is 234 g/mol. The Labute approximate surface area is 105 Å². The van der Waals surface area contributed by atoms with Crippen molar-refractivity contribution >= 4 is 22.1 Å². The molecule has 0 aromatic carbocycles. The molecule has 0 unspecified atom stereocenters. The van der Waals surface area contributed by atoms with E-state index < -0.39 is 0 Å². The lowest BCUT2D eigenvalue weighted by Crippen LogP contribution is -2.32. The summed E-state index contributed by atoms with van der Waals surface area (Å²) in [6, 6.07) is 0.322. The summed E-state index contributed by atoms with van der Waals surface area (Å²) in [5.74, 6) is 0.856. The summed E-state index contributed by atoms with van der Waals surface area (Å²) in [4.78, 5) is 7.64. The Morgan fingerprint density at radius 1 is 1.65 bits per heavy atom. The van der Waals surface area contributed by atoms with E-state index in [0.29, 0.717) is 6.04 Å². The standard InChI is InChI=1S/C12H17N3OS/c1-4-5-14(9(2)3)11-10(8-16)15-6-7-17-12(15)13-11/h4,6-7,9,16H,1,5,8H2,2-3H3. The summed E-state index contributed by atoms with van der Waals surface area (Å²) >= 11 is 1.57. The first-order valence-electron chi connectivity index (χ1n) is 5.61. The normalized spacial score (nSPS) is 11.3. The molecule has 2 heterocycles. The summed E-state index contributed by atoms with van der Waals surface area (Å²) in [5.41, 5.74) is 0.844. The van der Waals surface area contributed by atoms with E-state index in [4.69, 9.17) is 0 Å². The van der Waals surface area contributed by atoms with Gasteiger partial charge in [0, 0.05) is 24.2 Å². The van der Waals surface area contributed by atoms with Gasteiger partial charge in [-0.2, -0.15) is 0 Å². The largest absolute Gasteiger partial charge is 0.390 e. The number of imidazole rings is 1. The van der Waals surface area contributed by atoms with Crippen molar-refractivity contribution in [3.05, 3.63) is 29.9 Å². The van der Waals surface area contributed by atoms with Crippen LogP contribution in [-0.2, 0) is 6.61 Å². The lowest BCUT2D eigenvalue weighted by atomic mass is 10.3. The molecule has 0 aliphatic carbocycles. The number of aliphatic hydroxyl groups is 1. The molecule has 2 aromatic rings. The number of nitrogens with zero attached hydrogens (tertiary/aromatic N) is 3. The number of hydrogen-bond donors (Lipinski definition) is 1. The minimum absolute atomic E-state index is 0.00635. The molecule has 0 aliphatic heterocycles. The smallest absolute Gasteiger partial charge is 0.195 e. The van der Waals surface area contributed by atoms with Gasteiger partial charge < -0.3 is 10.0 Å². The molecule has 0 aliphatic rings. The van der Waals surface area contributed by atoms with Crippen molar-refractivity contribution in [3.63, 3.8) is 0 Å². The van der Waals surface area contributed by atoms with Crippen LogP contribution in [0.4, 0.5) is 5.82 Å². The maximum atomic E-state index is 9.51. The van der Waals surface area contributed by atoms with Crippen molar-refractivity contribution in [2.75, 3.05) is 11.4 Å². The molecule has 17 heavy (non-hydrogen) atoms. The van der Waals surface area contributed by atoms with Crippen molar-refractivity contribution in [2.24, 2.45) is 0 Å². The Bertz CT molecular complexity index is 515. The van der Waals surface area contributed by atoms with Crippen molar-refractivity contribution in [1.29, 1.82) is 0 Å². The first-order chi connectivity index (χ1) is 8.19. The van der Waals surface area contributed by atoms with E-state index in [9.17, 15) is 5.11 Å². The average molecular weight is 251 g/mol. The Hall–Kier alpha value is -1.33. The van der Waals surface area contributed by atoms with Gasteiger partial charge in [-0.15, -0.1) is 17.9 Å². The van der Waals surface area contributed by atoms with Gasteiger partial charge in [-0.05, 0) is 13.8 Å². The highest BCUT2D eigenvalue weighted by molar-refractivity contribution is 7.15. The van der Waals surface area contributed by atoms with Crippen molar-refractivity contribution in [2.45, 2.75) is 26.5 Å². The monoisotopic (exact) mass is 251 g/mol. The van der Waals surface area contributed by atoms with Gasteiger partial charge in [-0.1, -0.05) is 6.08 Å². The Kier molecular flexibility index (Phi) is 3.49. The molecule has 2 rings (SSSR count). The second kappa shape index (κ2) is 4.89. The zero-order valence-electron chi connectivity index (χ0n) is 10.1. The molecule has 0 atom stereocenters. The van der Waals surface area contributed by atoms with E-state index in [1.165, 1.54) is 0 Å². The number of hydrogen-bond acceptors (Lipinski definition) is 4. The van der Waals surface area contributed by atoms with Crippen molar-refractivity contribution in [1.82, 2.24) is 9.38 Å². The number of thiazole rings is 1. The van der Waals surface area contributed by atoms with Crippen LogP contribution in [0.5, 0.6) is 0 Å². The minimum Gasteiger partial charge on any atom is -0.390 e. The van der Waals surface area contributed by atoms with E-state index in [2.05, 4.69) is 30.3 Å². The Morgan fingerprint density at radius 3 is 3.00 bits per heavy atom. The van der Waals surface area contributed by atoms with Crippen LogP contribution in [0.25, 0.3) is 4.96 Å². The predicted molar refractivity (Wildman–Crippen MR) is 71.7 cm³/mol. The van der Waals surface area contributed by atoms with Crippen LogP contribution in [0.15, 0.2) is 24.2 Å². The van der Waals surface area contributed by atoms with E-state index in [-0.39, 0.29) is 6.61 Å². The predicted octanol–water partition coefficient (Wildman–Crippen LogP) is 2.29. The molecule has 1 N–H and O–H groups in total. The topological polar surface area (TPSA) is 40.8 Å². The molecule has 5 heteroatoms. The Morgan fingerprint density at radius 2 is 2.41 bits per heavy atom. The number of aromatic nitrogens is 2. The molecular formula is C12H17N3OS. The number of anilines is 1. The van der Waals surface area contributed by atoms with Crippen LogP contribution in [0.1, 0.15) is 19.5 Å². The molecule has 0 saturated heterocycles. The van der Waals surface area contributed by atoms with Gasteiger partial charge in [0.1, 0.15) is 0 Å². The number of aliphatic hydroxyl groups excluding tert-OH is 1. The summed E-state index contributed by atoms with van der Waals surface area (Å²) in [6.45, 7) is 8.71. The molecule has 0 spiro atoms. The van der Waals surface area contributed by atoms with Gasteiger partial charge in [-0.25, -0.2) is 4.98 Å². The van der Waals surface area contributed by atoms with Crippen LogP contribution >= 0.6 is 11.3 Å². The maximum absolute atomic E-state index is 9.51. The first kappa shape index (κ1) is 12.1. The highest BCUT2D eigenvalue weighted by Gasteiger charge is 2.19. The van der Waals surface area contributed by atoms with E-state index >= 15 is 0 Å². The third-order valence-corrected chi connectivity index (χ3v) is 3.47. The van der Waals surface area contributed by atoms with Gasteiger partial charge >= 0.3 is 0 Å². The molecule has 0 saturated carbocycles. The molecule has 0 fully saturated rings. The highest BCUT2D eigenvalue weighted by atomic mass is 32.1. The van der Waals surface area contributed by atoms with Crippen LogP contribution in [0, 0.1) is 0 Å². The fraction of sp³-hybridized carbons (Fsp3) is 0.417. The van der Waals surface area contributed by atoms with Gasteiger partial charge in [0.15, 0.2) is 10.8 Å². The van der Waals surface area contributed by atoms with E-state index in [0.717, 1.165) is 23.0 Å². The van der Waals surface area contributed by atoms with Crippen LogP contribution < -0.4 is 4.90 Å². The lowest BCUT2D eigenvalue weighted by molar-refractivity contribution is 0.276. The molecule has 92 valence electrons. The Balaban J connectivity index is 2.51. The van der Waals surface area contributed by atoms with Gasteiger partial charge in [0.25, 0.3) is 0 Å². The fourth-order valence-electron chi connectivity index (χ4n) is 1.88. The van der Waals surface area contributed by atoms with Gasteiger partial charge in [0.2, 0.25) is 0 Å². The van der Waals surface area contributed by atoms with Crippen LogP contribution in [0.3, 0.4) is 0 Å². The lowest BCUT2D eigenvalue weighted by Gasteiger charge is -2.26. The third kappa shape index (κ3) is 2.08. The van der Waals surface area contributed by atoms with E-state index in [1.807, 2.05) is 22.1 Å². The highest BCUT2D eigenvalue weighted by Crippen LogP contribution is 2.26. The second-order valence-electron chi connectivity index (χ2n) is 4.13. The molecule has 0 radical (unpaired) electrons. The molecule has 0 bridgehead atoms. The quantitative estimate of drug-likeness (QED) is 0.829. The molecule has 2 aromatic heterocycles. The fourth-order valence-corrected chi connectivity index (χ4v) is 2.61. The van der Waals surface area contributed by atoms with Crippen molar-refractivity contribution < 1.29 is 5.11 Å². The van der Waals surface area contributed by atoms with Gasteiger partial charge in [-0.3, -0.25) is 4.40 Å². The maximum Gasteiger partial charge on any atom is 0.195 e. The van der Waals surface area contributed by atoms with E-state index in [1.54, 1.807) is 11.3 Å². The van der Waals surface area contributed by atoms with Crippen molar-refractivity contribution in [3.8, 4) is 0 Å². The summed E-state index contributed by atoms with van der Waals surface area (Å²) < 4.78 is 1.94. The zero-order chi connectivity index (χ0) is 12.4. The zero-order valence-corrected chi connectivity index (χ0v) is 10.9. The number of rotatable bonds is 5. The first-order valence-corrected chi connectivity index (χ1v) is 6.49. The van der Waals surface area contributed by atoms with Crippen LogP contribution in [-0.4, -0.2) is 27.1 Å². The second-order valence-corrected chi connectivity index (χ2v) is 5.00. The SMILES string of the molecule is C=CCN(c1nc2sccn2c1CO)C(C)C. The summed E-state index contributed by atoms with van der Waals surface area (Å²) in [5, 5.41) is 11.5. The summed E-state index contributed by atoms with van der Waals surface area (Å²) in [6.07, 6.45) is 3.79. The van der Waals surface area contributed by atoms with Crippen LogP contribution in [0.2, 0.25) is 0 Å². The molecule has 4 nitrogen and oxygen atoms in total. The molecule has 0 amide bonds. The minimum atomic E-state index is -0.00635. The number of fused-ring (bicyclic) bond motifs is 1. The van der Waals surface area contributed by atoms with Gasteiger partial charge in [0.05, 0.1) is 12.3 Å². The summed E-state index contributed by atoms with van der Waals surface area (Å²) in [7, 11) is 0. The average Bonchev–Trinajstić information content (AvgIpc) is 2.84. The third-order valence-electron chi connectivity index (χ3n) is 2.71.